The van der Waals surface area contributed by atoms with Crippen molar-refractivity contribution >= 4 is 11.6 Å². The molecule has 1 unspecified atom stereocenters. The molecule has 4 nitrogen and oxygen atoms in total. The average Bonchev–Trinajstić information content (AvgIpc) is 2.75. The van der Waals surface area contributed by atoms with Crippen molar-refractivity contribution in [2.45, 2.75) is 19.5 Å². The van der Waals surface area contributed by atoms with Crippen LogP contribution in [-0.2, 0) is 0 Å². The lowest BCUT2D eigenvalue weighted by Crippen LogP contribution is -2.29. The summed E-state index contributed by atoms with van der Waals surface area (Å²) in [7, 11) is 1.50. The first kappa shape index (κ1) is 12.7. The molecule has 5 heteroatoms. The van der Waals surface area contributed by atoms with Crippen LogP contribution in [0.25, 0.3) is 0 Å². The van der Waals surface area contributed by atoms with E-state index in [0.717, 1.165) is 5.56 Å². The number of halogens is 1. The number of nitrogens with zero attached hydrogens (tertiary/aromatic N) is 1. The maximum Gasteiger partial charge on any atom is 0.254 e. The van der Waals surface area contributed by atoms with Gasteiger partial charge in [0.05, 0.1) is 19.3 Å². The number of carbonyl (C=O) groups is 1. The first-order chi connectivity index (χ1) is 8.52. The van der Waals surface area contributed by atoms with Gasteiger partial charge in [-0.2, -0.15) is 0 Å². The van der Waals surface area contributed by atoms with Gasteiger partial charge in [-0.15, -0.1) is 0 Å². The molecule has 2 N–H and O–H groups in total. The molecule has 1 fully saturated rings. The number of nitrogen functional groups attached to an aromatic ring is 1. The van der Waals surface area contributed by atoms with E-state index in [9.17, 15) is 9.18 Å². The third-order valence-electron chi connectivity index (χ3n) is 3.23. The molecule has 0 aromatic heterocycles. The molecule has 1 heterocycles. The number of benzene rings is 1. The molecule has 2 rings (SSSR count). The molecular weight excluding hydrogens is 235 g/mol. The predicted molar refractivity (Wildman–Crippen MR) is 67.6 cm³/mol. The summed E-state index contributed by atoms with van der Waals surface area (Å²) in [5.74, 6) is 0.311. The number of alkyl halides is 1. The number of ether oxygens (including phenoxy) is 1. The summed E-state index contributed by atoms with van der Waals surface area (Å²) in [6.45, 7) is 2.45. The molecule has 0 radical (unpaired) electrons. The lowest BCUT2D eigenvalue weighted by atomic mass is 10.1. The lowest BCUT2D eigenvalue weighted by molar-refractivity contribution is 0.0782. The topological polar surface area (TPSA) is 55.6 Å². The summed E-state index contributed by atoms with van der Waals surface area (Å²) in [6, 6.07) is 3.33. The van der Waals surface area contributed by atoms with Gasteiger partial charge >= 0.3 is 0 Å². The number of hydrogen-bond acceptors (Lipinski definition) is 3. The monoisotopic (exact) mass is 252 g/mol. The van der Waals surface area contributed by atoms with Crippen molar-refractivity contribution in [2.75, 3.05) is 25.9 Å². The van der Waals surface area contributed by atoms with Gasteiger partial charge < -0.3 is 15.4 Å². The Labute approximate surface area is 106 Å². The first-order valence-electron chi connectivity index (χ1n) is 5.90. The highest BCUT2D eigenvalue weighted by molar-refractivity contribution is 5.97. The van der Waals surface area contributed by atoms with Crippen LogP contribution >= 0.6 is 0 Å². The lowest BCUT2D eigenvalue weighted by Gasteiger charge is -2.18. The largest absolute Gasteiger partial charge is 0.495 e. The molecule has 18 heavy (non-hydrogen) atoms. The number of nitrogens with two attached hydrogens (primary N) is 1. The highest BCUT2D eigenvalue weighted by Gasteiger charge is 2.27. The van der Waals surface area contributed by atoms with E-state index in [2.05, 4.69) is 0 Å². The van der Waals surface area contributed by atoms with E-state index in [0.29, 0.717) is 30.0 Å². The van der Waals surface area contributed by atoms with Gasteiger partial charge in [0.1, 0.15) is 11.9 Å². The third-order valence-corrected chi connectivity index (χ3v) is 3.23. The van der Waals surface area contributed by atoms with E-state index < -0.39 is 6.17 Å². The molecule has 1 atom stereocenters. The van der Waals surface area contributed by atoms with Crippen molar-refractivity contribution in [2.24, 2.45) is 0 Å². The summed E-state index contributed by atoms with van der Waals surface area (Å²) in [4.78, 5) is 13.8. The summed E-state index contributed by atoms with van der Waals surface area (Å²) >= 11 is 0. The Kier molecular flexibility index (Phi) is 3.41. The molecular formula is C13H17FN2O2. The summed E-state index contributed by atoms with van der Waals surface area (Å²) in [5, 5.41) is 0. The molecule has 0 saturated carbocycles. The van der Waals surface area contributed by atoms with Gasteiger partial charge in [-0.05, 0) is 31.0 Å². The number of likely N-dealkylation sites (tertiary alicyclic amines) is 1. The SMILES string of the molecule is COc1cc(C(=O)N2CCC(F)C2)c(C)cc1N. The molecule has 1 aliphatic heterocycles. The highest BCUT2D eigenvalue weighted by Crippen LogP contribution is 2.27. The van der Waals surface area contributed by atoms with E-state index in [1.807, 2.05) is 6.92 Å². The number of aryl methyl sites for hydroxylation is 1. The number of methoxy groups -OCH3 is 1. The number of amides is 1. The second kappa shape index (κ2) is 4.84. The molecule has 1 amide bonds. The Morgan fingerprint density at radius 3 is 2.83 bits per heavy atom. The Balaban J connectivity index is 2.30. The maximum atomic E-state index is 13.1. The number of anilines is 1. The van der Waals surface area contributed by atoms with Crippen molar-refractivity contribution in [3.63, 3.8) is 0 Å². The Morgan fingerprint density at radius 2 is 2.28 bits per heavy atom. The zero-order valence-corrected chi connectivity index (χ0v) is 10.6. The summed E-state index contributed by atoms with van der Waals surface area (Å²) in [5.41, 5.74) is 7.56. The quantitative estimate of drug-likeness (QED) is 0.816. The Morgan fingerprint density at radius 1 is 1.56 bits per heavy atom. The Bertz CT molecular complexity index is 476. The van der Waals surface area contributed by atoms with E-state index in [1.54, 1.807) is 12.1 Å². The van der Waals surface area contributed by atoms with Crippen molar-refractivity contribution < 1.29 is 13.9 Å². The van der Waals surface area contributed by atoms with E-state index >= 15 is 0 Å². The zero-order chi connectivity index (χ0) is 13.3. The number of carbonyl (C=O) groups excluding carboxylic acids is 1. The molecule has 0 bridgehead atoms. The second-order valence-electron chi connectivity index (χ2n) is 4.55. The molecule has 1 saturated heterocycles. The molecule has 1 aromatic rings. The summed E-state index contributed by atoms with van der Waals surface area (Å²) < 4.78 is 18.2. The fourth-order valence-corrected chi connectivity index (χ4v) is 2.19. The number of rotatable bonds is 2. The molecule has 98 valence electrons. The van der Waals surface area contributed by atoms with Crippen LogP contribution in [0.5, 0.6) is 5.75 Å². The predicted octanol–water partition coefficient (Wildman–Crippen LogP) is 1.77. The van der Waals surface area contributed by atoms with Crippen LogP contribution < -0.4 is 10.5 Å². The van der Waals surface area contributed by atoms with E-state index in [1.165, 1.54) is 12.0 Å². The van der Waals surface area contributed by atoms with Crippen LogP contribution in [0.2, 0.25) is 0 Å². The van der Waals surface area contributed by atoms with Crippen LogP contribution in [0.1, 0.15) is 22.3 Å². The fraction of sp³-hybridized carbons (Fsp3) is 0.462. The normalized spacial score (nSPS) is 19.1. The maximum absolute atomic E-state index is 13.1. The van der Waals surface area contributed by atoms with Gasteiger partial charge in [0, 0.05) is 12.1 Å². The zero-order valence-electron chi connectivity index (χ0n) is 10.6. The minimum atomic E-state index is -0.912. The van der Waals surface area contributed by atoms with Gasteiger partial charge in [-0.3, -0.25) is 4.79 Å². The summed E-state index contributed by atoms with van der Waals surface area (Å²) in [6.07, 6.45) is -0.499. The van der Waals surface area contributed by atoms with Gasteiger partial charge in [0.25, 0.3) is 5.91 Å². The van der Waals surface area contributed by atoms with Crippen LogP contribution in [0.15, 0.2) is 12.1 Å². The first-order valence-corrected chi connectivity index (χ1v) is 5.90. The van der Waals surface area contributed by atoms with Crippen LogP contribution in [0.3, 0.4) is 0 Å². The highest BCUT2D eigenvalue weighted by atomic mass is 19.1. The van der Waals surface area contributed by atoms with Crippen molar-refractivity contribution in [3.05, 3.63) is 23.3 Å². The van der Waals surface area contributed by atoms with Gasteiger partial charge in [0.15, 0.2) is 0 Å². The van der Waals surface area contributed by atoms with Crippen LogP contribution in [0.4, 0.5) is 10.1 Å². The fourth-order valence-electron chi connectivity index (χ4n) is 2.19. The van der Waals surface area contributed by atoms with Gasteiger partial charge in [-0.1, -0.05) is 0 Å². The van der Waals surface area contributed by atoms with Crippen LogP contribution in [0, 0.1) is 6.92 Å². The smallest absolute Gasteiger partial charge is 0.254 e. The number of hydrogen-bond donors (Lipinski definition) is 1. The van der Waals surface area contributed by atoms with E-state index in [-0.39, 0.29) is 12.5 Å². The Hall–Kier alpha value is -1.78. The molecule has 1 aromatic carbocycles. The molecule has 0 spiro atoms. The second-order valence-corrected chi connectivity index (χ2v) is 4.55. The van der Waals surface area contributed by atoms with Crippen molar-refractivity contribution in [3.8, 4) is 5.75 Å². The van der Waals surface area contributed by atoms with Crippen molar-refractivity contribution in [1.29, 1.82) is 0 Å². The van der Waals surface area contributed by atoms with Gasteiger partial charge in [-0.25, -0.2) is 4.39 Å². The minimum absolute atomic E-state index is 0.161. The average molecular weight is 252 g/mol. The van der Waals surface area contributed by atoms with Crippen LogP contribution in [-0.4, -0.2) is 37.2 Å². The molecule has 0 aliphatic carbocycles. The van der Waals surface area contributed by atoms with E-state index in [4.69, 9.17) is 10.5 Å². The third kappa shape index (κ3) is 2.25. The van der Waals surface area contributed by atoms with Crippen molar-refractivity contribution in [1.82, 2.24) is 4.90 Å². The minimum Gasteiger partial charge on any atom is -0.495 e. The standard InChI is InChI=1S/C13H17FN2O2/c1-8-5-11(15)12(18-2)6-10(8)13(17)16-4-3-9(14)7-16/h5-6,9H,3-4,7,15H2,1-2H3. The van der Waals surface area contributed by atoms with Gasteiger partial charge in [0.2, 0.25) is 0 Å². The molecule has 1 aliphatic rings.